The van der Waals surface area contributed by atoms with Crippen molar-refractivity contribution in [2.75, 3.05) is 6.54 Å². The minimum absolute atomic E-state index is 0.0351. The number of thiophene rings is 1. The van der Waals surface area contributed by atoms with Gasteiger partial charge in [0.1, 0.15) is 10.6 Å². The molecule has 4 nitrogen and oxygen atoms in total. The fraction of sp³-hybridized carbons (Fsp3) is 0.188. The lowest BCUT2D eigenvalue weighted by atomic mass is 10.00. The fourth-order valence-electron chi connectivity index (χ4n) is 2.72. The van der Waals surface area contributed by atoms with Gasteiger partial charge in [-0.1, -0.05) is 34.8 Å². The van der Waals surface area contributed by atoms with Crippen LogP contribution in [0.2, 0.25) is 0 Å². The van der Waals surface area contributed by atoms with Crippen molar-refractivity contribution < 1.29 is 4.79 Å². The molecule has 22 heavy (non-hydrogen) atoms. The van der Waals surface area contributed by atoms with E-state index in [1.807, 2.05) is 28.5 Å². The van der Waals surface area contributed by atoms with Gasteiger partial charge >= 0.3 is 0 Å². The van der Waals surface area contributed by atoms with Crippen LogP contribution in [0.5, 0.6) is 0 Å². The van der Waals surface area contributed by atoms with Crippen LogP contribution in [0.3, 0.4) is 0 Å². The first kappa shape index (κ1) is 13.6. The monoisotopic (exact) mass is 327 g/mol. The summed E-state index contributed by atoms with van der Waals surface area (Å²) in [5.74, 6) is 0.0351. The molecular weight excluding hydrogens is 314 g/mol. The van der Waals surface area contributed by atoms with Crippen molar-refractivity contribution in [3.8, 4) is 10.6 Å². The number of aromatic nitrogens is 2. The molecule has 0 N–H and O–H groups in total. The van der Waals surface area contributed by atoms with E-state index in [4.69, 9.17) is 0 Å². The van der Waals surface area contributed by atoms with Gasteiger partial charge in [0.15, 0.2) is 0 Å². The summed E-state index contributed by atoms with van der Waals surface area (Å²) < 4.78 is 3.99. The fourth-order valence-corrected chi connectivity index (χ4v) is 4.15. The number of hydrogen-bond acceptors (Lipinski definition) is 5. The molecule has 0 aliphatic carbocycles. The van der Waals surface area contributed by atoms with Crippen LogP contribution in [0.15, 0.2) is 41.8 Å². The number of amides is 1. The third kappa shape index (κ3) is 2.34. The smallest absolute Gasteiger partial charge is 0.268 e. The Kier molecular flexibility index (Phi) is 3.48. The van der Waals surface area contributed by atoms with E-state index in [2.05, 4.69) is 27.8 Å². The van der Waals surface area contributed by atoms with E-state index < -0.39 is 0 Å². The van der Waals surface area contributed by atoms with E-state index in [9.17, 15) is 4.79 Å². The van der Waals surface area contributed by atoms with Gasteiger partial charge in [-0.05, 0) is 40.5 Å². The molecule has 3 heterocycles. The standard InChI is InChI=1S/C16H13N3OS2/c20-16(15-14(17-18-22-15)13-6-3-9-21-13)19-8-7-11-4-1-2-5-12(11)10-19/h1-6,9H,7-8,10H2. The lowest BCUT2D eigenvalue weighted by Crippen LogP contribution is -2.35. The highest BCUT2D eigenvalue weighted by atomic mass is 32.1. The van der Waals surface area contributed by atoms with E-state index in [1.54, 1.807) is 11.3 Å². The highest BCUT2D eigenvalue weighted by molar-refractivity contribution is 7.14. The maximum atomic E-state index is 12.8. The van der Waals surface area contributed by atoms with Crippen molar-refractivity contribution in [2.45, 2.75) is 13.0 Å². The van der Waals surface area contributed by atoms with Crippen molar-refractivity contribution in [3.63, 3.8) is 0 Å². The molecule has 0 spiro atoms. The number of fused-ring (bicyclic) bond motifs is 1. The number of hydrogen-bond donors (Lipinski definition) is 0. The number of carbonyl (C=O) groups is 1. The average Bonchev–Trinajstić information content (AvgIpc) is 3.24. The maximum Gasteiger partial charge on any atom is 0.268 e. The van der Waals surface area contributed by atoms with Gasteiger partial charge in [-0.15, -0.1) is 16.4 Å². The van der Waals surface area contributed by atoms with Crippen LogP contribution >= 0.6 is 22.9 Å². The predicted molar refractivity (Wildman–Crippen MR) is 88.1 cm³/mol. The lowest BCUT2D eigenvalue weighted by molar-refractivity contribution is 0.0740. The van der Waals surface area contributed by atoms with Crippen molar-refractivity contribution in [3.05, 3.63) is 57.8 Å². The molecule has 0 saturated heterocycles. The molecule has 1 aromatic carbocycles. The number of nitrogens with zero attached hydrogens (tertiary/aromatic N) is 3. The van der Waals surface area contributed by atoms with Crippen LogP contribution < -0.4 is 0 Å². The molecule has 0 fully saturated rings. The summed E-state index contributed by atoms with van der Waals surface area (Å²) in [6, 6.07) is 12.3. The van der Waals surface area contributed by atoms with E-state index >= 15 is 0 Å². The van der Waals surface area contributed by atoms with E-state index in [-0.39, 0.29) is 5.91 Å². The van der Waals surface area contributed by atoms with Crippen molar-refractivity contribution in [2.24, 2.45) is 0 Å². The van der Waals surface area contributed by atoms with Crippen LogP contribution in [0.1, 0.15) is 20.8 Å². The zero-order valence-electron chi connectivity index (χ0n) is 11.7. The summed E-state index contributed by atoms with van der Waals surface area (Å²) >= 11 is 2.77. The summed E-state index contributed by atoms with van der Waals surface area (Å²) in [6.45, 7) is 1.41. The molecule has 1 aliphatic rings. The van der Waals surface area contributed by atoms with Crippen molar-refractivity contribution >= 4 is 28.8 Å². The molecule has 0 radical (unpaired) electrons. The van der Waals surface area contributed by atoms with Gasteiger partial charge in [-0.25, -0.2) is 0 Å². The van der Waals surface area contributed by atoms with Gasteiger partial charge in [-0.3, -0.25) is 4.79 Å². The van der Waals surface area contributed by atoms with Gasteiger partial charge < -0.3 is 4.90 Å². The van der Waals surface area contributed by atoms with Gasteiger partial charge in [-0.2, -0.15) is 0 Å². The Bertz CT molecular complexity index is 810. The van der Waals surface area contributed by atoms with Crippen LogP contribution in [-0.4, -0.2) is 26.9 Å². The van der Waals surface area contributed by atoms with Gasteiger partial charge in [0.2, 0.25) is 0 Å². The van der Waals surface area contributed by atoms with E-state index in [1.165, 1.54) is 22.7 Å². The summed E-state index contributed by atoms with van der Waals surface area (Å²) in [6.07, 6.45) is 0.905. The summed E-state index contributed by atoms with van der Waals surface area (Å²) in [5.41, 5.74) is 3.29. The molecule has 6 heteroatoms. The quantitative estimate of drug-likeness (QED) is 0.724. The summed E-state index contributed by atoms with van der Waals surface area (Å²) in [7, 11) is 0. The Morgan fingerprint density at radius 3 is 2.82 bits per heavy atom. The Labute approximate surface area is 136 Å². The van der Waals surface area contributed by atoms with Crippen LogP contribution in [0, 0.1) is 0 Å². The molecule has 1 amide bonds. The first-order valence-corrected chi connectivity index (χ1v) is 8.70. The summed E-state index contributed by atoms with van der Waals surface area (Å²) in [4.78, 5) is 16.4. The maximum absolute atomic E-state index is 12.8. The largest absolute Gasteiger partial charge is 0.333 e. The molecule has 4 rings (SSSR count). The van der Waals surface area contributed by atoms with Gasteiger partial charge in [0.05, 0.1) is 4.88 Å². The Balaban J connectivity index is 1.63. The molecule has 0 saturated carbocycles. The number of benzene rings is 1. The lowest BCUT2D eigenvalue weighted by Gasteiger charge is -2.28. The summed E-state index contributed by atoms with van der Waals surface area (Å²) in [5, 5.41) is 6.14. The van der Waals surface area contributed by atoms with E-state index in [0.29, 0.717) is 17.1 Å². The van der Waals surface area contributed by atoms with Crippen LogP contribution in [-0.2, 0) is 13.0 Å². The highest BCUT2D eigenvalue weighted by Crippen LogP contribution is 2.30. The molecular formula is C16H13N3OS2. The topological polar surface area (TPSA) is 46.1 Å². The Morgan fingerprint density at radius 2 is 2.00 bits per heavy atom. The normalized spacial score (nSPS) is 13.9. The molecule has 0 unspecified atom stereocenters. The third-order valence-electron chi connectivity index (χ3n) is 3.85. The minimum Gasteiger partial charge on any atom is -0.333 e. The van der Waals surface area contributed by atoms with Gasteiger partial charge in [0, 0.05) is 13.1 Å². The first-order valence-electron chi connectivity index (χ1n) is 7.05. The predicted octanol–water partition coefficient (Wildman–Crippen LogP) is 3.47. The SMILES string of the molecule is O=C(c1snnc1-c1cccs1)N1CCc2ccccc2C1. The Morgan fingerprint density at radius 1 is 1.14 bits per heavy atom. The van der Waals surface area contributed by atoms with Crippen LogP contribution in [0.4, 0.5) is 0 Å². The molecule has 1 aliphatic heterocycles. The highest BCUT2D eigenvalue weighted by Gasteiger charge is 2.26. The zero-order valence-corrected chi connectivity index (χ0v) is 13.4. The molecule has 0 bridgehead atoms. The minimum atomic E-state index is 0.0351. The zero-order chi connectivity index (χ0) is 14.9. The van der Waals surface area contributed by atoms with E-state index in [0.717, 1.165) is 17.8 Å². The second-order valence-electron chi connectivity index (χ2n) is 5.17. The van der Waals surface area contributed by atoms with Crippen LogP contribution in [0.25, 0.3) is 10.6 Å². The average molecular weight is 327 g/mol. The Hall–Kier alpha value is -2.05. The second-order valence-corrected chi connectivity index (χ2v) is 6.88. The van der Waals surface area contributed by atoms with Crippen molar-refractivity contribution in [1.29, 1.82) is 0 Å². The molecule has 110 valence electrons. The number of rotatable bonds is 2. The van der Waals surface area contributed by atoms with Gasteiger partial charge in [0.25, 0.3) is 5.91 Å². The van der Waals surface area contributed by atoms with Crippen molar-refractivity contribution in [1.82, 2.24) is 14.5 Å². The second kappa shape index (κ2) is 5.62. The molecule has 3 aromatic rings. The number of carbonyl (C=O) groups excluding carboxylic acids is 1. The molecule has 0 atom stereocenters. The first-order chi connectivity index (χ1) is 10.8. The molecule has 2 aromatic heterocycles. The third-order valence-corrected chi connectivity index (χ3v) is 5.45.